The Labute approximate surface area is 97.2 Å². The Morgan fingerprint density at radius 1 is 1.19 bits per heavy atom. The normalized spacial score (nSPS) is 31.2. The van der Waals surface area contributed by atoms with E-state index in [4.69, 9.17) is 0 Å². The molecule has 90 valence electrons. The summed E-state index contributed by atoms with van der Waals surface area (Å²) in [5.74, 6) is 0.278. The molecule has 0 bridgehead atoms. The van der Waals surface area contributed by atoms with Crippen LogP contribution in [-0.2, 0) is 9.59 Å². The zero-order chi connectivity index (χ0) is 12.1. The Bertz CT molecular complexity index is 344. The lowest BCUT2D eigenvalue weighted by Gasteiger charge is -2.39. The topological polar surface area (TPSA) is 37.4 Å². The smallest absolute Gasteiger partial charge is 0.220 e. The van der Waals surface area contributed by atoms with Gasteiger partial charge in [0, 0.05) is 24.8 Å². The van der Waals surface area contributed by atoms with Gasteiger partial charge in [0.05, 0.1) is 0 Å². The van der Waals surface area contributed by atoms with E-state index < -0.39 is 5.54 Å². The van der Waals surface area contributed by atoms with Gasteiger partial charge in [0.1, 0.15) is 5.54 Å². The molecule has 2 aliphatic rings. The Morgan fingerprint density at radius 2 is 1.75 bits per heavy atom. The van der Waals surface area contributed by atoms with Crippen LogP contribution < -0.4 is 0 Å². The van der Waals surface area contributed by atoms with E-state index >= 15 is 0 Å². The summed E-state index contributed by atoms with van der Waals surface area (Å²) >= 11 is 0. The maximum absolute atomic E-state index is 12.4. The van der Waals surface area contributed by atoms with Crippen molar-refractivity contribution in [3.05, 3.63) is 0 Å². The molecule has 2 fully saturated rings. The first-order valence-electron chi connectivity index (χ1n) is 6.18. The fourth-order valence-electron chi connectivity index (χ4n) is 3.40. The Hall–Kier alpha value is -0.860. The van der Waals surface area contributed by atoms with Crippen LogP contribution in [0.15, 0.2) is 0 Å². The molecule has 1 spiro atoms. The molecule has 1 amide bonds. The van der Waals surface area contributed by atoms with E-state index in [0.29, 0.717) is 0 Å². The molecule has 0 aromatic heterocycles. The largest absolute Gasteiger partial charge is 0.330 e. The van der Waals surface area contributed by atoms with Gasteiger partial charge in [-0.2, -0.15) is 0 Å². The van der Waals surface area contributed by atoms with Crippen molar-refractivity contribution >= 4 is 11.7 Å². The number of Topliss-reactive ketones (excluding diaryl/α,β-unsaturated/α-hetero) is 1. The summed E-state index contributed by atoms with van der Waals surface area (Å²) in [4.78, 5) is 25.9. The molecule has 1 atom stereocenters. The van der Waals surface area contributed by atoms with Gasteiger partial charge >= 0.3 is 0 Å². The molecule has 1 aliphatic carbocycles. The van der Waals surface area contributed by atoms with E-state index in [9.17, 15) is 9.59 Å². The molecule has 0 N–H and O–H groups in total. The summed E-state index contributed by atoms with van der Waals surface area (Å²) in [7, 11) is 0. The van der Waals surface area contributed by atoms with Crippen molar-refractivity contribution in [3.8, 4) is 0 Å². The second-order valence-electron chi connectivity index (χ2n) is 5.79. The lowest BCUT2D eigenvalue weighted by molar-refractivity contribution is -0.145. The molecule has 16 heavy (non-hydrogen) atoms. The minimum absolute atomic E-state index is 0.00225. The van der Waals surface area contributed by atoms with E-state index in [0.717, 1.165) is 25.8 Å². The Balaban J connectivity index is 2.39. The van der Waals surface area contributed by atoms with Gasteiger partial charge in [-0.1, -0.05) is 13.8 Å². The lowest BCUT2D eigenvalue weighted by atomic mass is 9.76. The molecule has 3 nitrogen and oxygen atoms in total. The van der Waals surface area contributed by atoms with Crippen LogP contribution in [-0.4, -0.2) is 28.7 Å². The van der Waals surface area contributed by atoms with Crippen molar-refractivity contribution in [2.24, 2.45) is 11.3 Å². The molecule has 1 saturated carbocycles. The van der Waals surface area contributed by atoms with Crippen molar-refractivity contribution < 1.29 is 9.59 Å². The van der Waals surface area contributed by atoms with Gasteiger partial charge in [0.2, 0.25) is 5.91 Å². The van der Waals surface area contributed by atoms with Crippen molar-refractivity contribution in [3.63, 3.8) is 0 Å². The van der Waals surface area contributed by atoms with Gasteiger partial charge < -0.3 is 4.90 Å². The van der Waals surface area contributed by atoms with Crippen LogP contribution in [0.25, 0.3) is 0 Å². The predicted octanol–water partition coefficient (Wildman–Crippen LogP) is 2.00. The average Bonchev–Trinajstić information content (AvgIpc) is 2.90. The fraction of sp³-hybridized carbons (Fsp3) is 0.846. The first kappa shape index (κ1) is 11.6. The summed E-state index contributed by atoms with van der Waals surface area (Å²) in [6, 6.07) is 0. The number of likely N-dealkylation sites (tertiary alicyclic amines) is 1. The second-order valence-corrected chi connectivity index (χ2v) is 5.79. The molecule has 1 saturated heterocycles. The minimum Gasteiger partial charge on any atom is -0.330 e. The Kier molecular flexibility index (Phi) is 2.41. The zero-order valence-corrected chi connectivity index (χ0v) is 10.7. The summed E-state index contributed by atoms with van der Waals surface area (Å²) in [6.07, 6.45) is 3.21. The van der Waals surface area contributed by atoms with Gasteiger partial charge in [0.15, 0.2) is 5.78 Å². The van der Waals surface area contributed by atoms with Crippen LogP contribution in [0, 0.1) is 11.3 Å². The average molecular weight is 223 g/mol. The standard InChI is InChI=1S/C13H21NO2/c1-9(2)11(16)12(4)13(5-6-13)7-8-14(12)10(3)15/h9H,5-8H2,1-4H3. The highest BCUT2D eigenvalue weighted by Gasteiger charge is 2.67. The summed E-state index contributed by atoms with van der Waals surface area (Å²) in [5, 5.41) is 0. The van der Waals surface area contributed by atoms with E-state index in [-0.39, 0.29) is 23.0 Å². The molecule has 1 aliphatic heterocycles. The van der Waals surface area contributed by atoms with E-state index in [2.05, 4.69) is 0 Å². The van der Waals surface area contributed by atoms with Crippen LogP contribution in [0.4, 0.5) is 0 Å². The van der Waals surface area contributed by atoms with E-state index in [1.165, 1.54) is 0 Å². The highest BCUT2D eigenvalue weighted by molar-refractivity contribution is 5.95. The van der Waals surface area contributed by atoms with Crippen molar-refractivity contribution in [2.75, 3.05) is 6.54 Å². The molecule has 2 rings (SSSR count). The van der Waals surface area contributed by atoms with Crippen LogP contribution in [0.2, 0.25) is 0 Å². The third-order valence-electron chi connectivity index (χ3n) is 4.62. The minimum atomic E-state index is -0.535. The zero-order valence-electron chi connectivity index (χ0n) is 10.7. The SMILES string of the molecule is CC(=O)N1CCC2(CC2)C1(C)C(=O)C(C)C. The number of rotatable bonds is 2. The molecule has 0 aromatic rings. The molecule has 3 heteroatoms. The number of hydrogen-bond donors (Lipinski definition) is 0. The second kappa shape index (κ2) is 3.31. The molecule has 1 heterocycles. The number of amides is 1. The van der Waals surface area contributed by atoms with E-state index in [1.807, 2.05) is 25.7 Å². The number of ketones is 1. The highest BCUT2D eigenvalue weighted by atomic mass is 16.2. The van der Waals surface area contributed by atoms with E-state index in [1.54, 1.807) is 6.92 Å². The van der Waals surface area contributed by atoms with Crippen LogP contribution >= 0.6 is 0 Å². The molecule has 0 radical (unpaired) electrons. The van der Waals surface area contributed by atoms with Crippen LogP contribution in [0.1, 0.15) is 47.0 Å². The van der Waals surface area contributed by atoms with Gasteiger partial charge in [-0.05, 0) is 26.2 Å². The molecule has 1 unspecified atom stereocenters. The maximum atomic E-state index is 12.4. The van der Waals surface area contributed by atoms with Crippen molar-refractivity contribution in [1.82, 2.24) is 4.90 Å². The van der Waals surface area contributed by atoms with Crippen molar-refractivity contribution in [1.29, 1.82) is 0 Å². The number of hydrogen-bond acceptors (Lipinski definition) is 2. The monoisotopic (exact) mass is 223 g/mol. The highest BCUT2D eigenvalue weighted by Crippen LogP contribution is 2.63. The summed E-state index contributed by atoms with van der Waals surface area (Å²) in [5.41, 5.74) is -0.424. The quantitative estimate of drug-likeness (QED) is 0.718. The van der Waals surface area contributed by atoms with Gasteiger partial charge in [-0.15, -0.1) is 0 Å². The molecular weight excluding hydrogens is 202 g/mol. The first-order chi connectivity index (χ1) is 7.35. The summed E-state index contributed by atoms with van der Waals surface area (Å²) in [6.45, 7) is 8.18. The number of carbonyl (C=O) groups excluding carboxylic acids is 2. The van der Waals surface area contributed by atoms with Crippen molar-refractivity contribution in [2.45, 2.75) is 52.5 Å². The fourth-order valence-corrected chi connectivity index (χ4v) is 3.40. The third kappa shape index (κ3) is 1.26. The number of nitrogens with zero attached hydrogens (tertiary/aromatic N) is 1. The van der Waals surface area contributed by atoms with Gasteiger partial charge in [0.25, 0.3) is 0 Å². The Morgan fingerprint density at radius 3 is 2.12 bits per heavy atom. The molecular formula is C13H21NO2. The first-order valence-corrected chi connectivity index (χ1v) is 6.18. The molecule has 0 aromatic carbocycles. The lowest BCUT2D eigenvalue weighted by Crippen LogP contribution is -2.56. The maximum Gasteiger partial charge on any atom is 0.220 e. The van der Waals surface area contributed by atoms with Crippen LogP contribution in [0.3, 0.4) is 0 Å². The summed E-state index contributed by atoms with van der Waals surface area (Å²) < 4.78 is 0. The third-order valence-corrected chi connectivity index (χ3v) is 4.62. The predicted molar refractivity (Wildman–Crippen MR) is 61.9 cm³/mol. The van der Waals surface area contributed by atoms with Crippen LogP contribution in [0.5, 0.6) is 0 Å². The van der Waals surface area contributed by atoms with Gasteiger partial charge in [-0.3, -0.25) is 9.59 Å². The number of carbonyl (C=O) groups is 2. The van der Waals surface area contributed by atoms with Gasteiger partial charge in [-0.25, -0.2) is 0 Å².